The number of imide groups is 1. The van der Waals surface area contributed by atoms with Crippen molar-refractivity contribution in [2.45, 2.75) is 36.8 Å². The number of thioether (sulfide) groups is 1. The van der Waals surface area contributed by atoms with E-state index in [1.165, 1.54) is 23.1 Å². The molecule has 1 atom stereocenters. The Morgan fingerprint density at radius 3 is 2.65 bits per heavy atom. The Hall–Kier alpha value is -1.35. The molecule has 0 fully saturated rings. The van der Waals surface area contributed by atoms with E-state index in [0.717, 1.165) is 18.1 Å². The van der Waals surface area contributed by atoms with Crippen LogP contribution in [0.2, 0.25) is 0 Å². The highest BCUT2D eigenvalue weighted by Gasteiger charge is 2.26. The second kappa shape index (κ2) is 8.05. The van der Waals surface area contributed by atoms with Gasteiger partial charge in [0.15, 0.2) is 4.34 Å². The fraction of sp³-hybridized carbons (Fsp3) is 0.636. The molecular weight excluding hydrogens is 298 g/mol. The molecule has 1 aromatic heterocycles. The molecule has 0 saturated heterocycles. The van der Waals surface area contributed by atoms with Crippen LogP contribution < -0.4 is 16.4 Å². The second-order valence-corrected chi connectivity index (χ2v) is 6.80. The van der Waals surface area contributed by atoms with E-state index in [0.29, 0.717) is 4.34 Å². The monoisotopic (exact) mass is 317 g/mol. The van der Waals surface area contributed by atoms with Crippen molar-refractivity contribution in [1.29, 1.82) is 0 Å². The molecule has 0 aliphatic heterocycles. The van der Waals surface area contributed by atoms with Gasteiger partial charge in [-0.1, -0.05) is 43.9 Å². The Morgan fingerprint density at radius 1 is 1.40 bits per heavy atom. The Bertz CT molecular complexity index is 463. The van der Waals surface area contributed by atoms with Gasteiger partial charge in [-0.3, -0.25) is 10.1 Å². The number of nitrogens with two attached hydrogens (primary N) is 1. The Labute approximate surface area is 126 Å². The van der Waals surface area contributed by atoms with Gasteiger partial charge in [-0.15, -0.1) is 10.2 Å². The van der Waals surface area contributed by atoms with Crippen molar-refractivity contribution in [3.05, 3.63) is 0 Å². The van der Waals surface area contributed by atoms with Gasteiger partial charge in [-0.05, 0) is 12.3 Å². The van der Waals surface area contributed by atoms with Gasteiger partial charge in [0.1, 0.15) is 0 Å². The van der Waals surface area contributed by atoms with Gasteiger partial charge >= 0.3 is 6.03 Å². The third kappa shape index (κ3) is 5.33. The van der Waals surface area contributed by atoms with E-state index in [-0.39, 0.29) is 5.92 Å². The van der Waals surface area contributed by atoms with Crippen molar-refractivity contribution in [1.82, 2.24) is 15.5 Å². The molecule has 0 aromatic carbocycles. The topological polar surface area (TPSA) is 110 Å². The molecule has 1 unspecified atom stereocenters. The van der Waals surface area contributed by atoms with E-state index < -0.39 is 17.2 Å². The van der Waals surface area contributed by atoms with E-state index in [1.807, 2.05) is 13.8 Å². The van der Waals surface area contributed by atoms with E-state index in [9.17, 15) is 9.59 Å². The number of primary amides is 1. The molecule has 0 bridgehead atoms. The molecule has 1 heterocycles. The summed E-state index contributed by atoms with van der Waals surface area (Å²) in [4.78, 5) is 22.6. The molecule has 0 radical (unpaired) electrons. The van der Waals surface area contributed by atoms with Crippen LogP contribution in [-0.4, -0.2) is 33.9 Å². The smallest absolute Gasteiger partial charge is 0.318 e. The maximum Gasteiger partial charge on any atom is 0.318 e. The van der Waals surface area contributed by atoms with Gasteiger partial charge in [0.2, 0.25) is 11.0 Å². The molecule has 0 aliphatic carbocycles. The maximum atomic E-state index is 11.9. The van der Waals surface area contributed by atoms with Crippen molar-refractivity contribution in [3.63, 3.8) is 0 Å². The first-order chi connectivity index (χ1) is 9.43. The average molecular weight is 317 g/mol. The summed E-state index contributed by atoms with van der Waals surface area (Å²) in [7, 11) is 0. The molecule has 1 rings (SSSR count). The quantitative estimate of drug-likeness (QED) is 0.660. The fourth-order valence-corrected chi connectivity index (χ4v) is 3.34. The number of rotatable bonds is 7. The van der Waals surface area contributed by atoms with Crippen LogP contribution in [0.25, 0.3) is 0 Å². The number of urea groups is 1. The zero-order chi connectivity index (χ0) is 15.1. The Kier molecular flexibility index (Phi) is 6.73. The van der Waals surface area contributed by atoms with Crippen LogP contribution in [0.1, 0.15) is 27.2 Å². The molecule has 20 heavy (non-hydrogen) atoms. The first-order valence-electron chi connectivity index (χ1n) is 6.28. The summed E-state index contributed by atoms with van der Waals surface area (Å²) in [5.41, 5.74) is 4.97. The minimum atomic E-state index is -0.844. The SMILES string of the molecule is CCCNc1nnc(SC(C(=O)NC(N)=O)C(C)C)s1. The van der Waals surface area contributed by atoms with Crippen LogP contribution in [0.5, 0.6) is 0 Å². The minimum Gasteiger partial charge on any atom is -0.360 e. The fourth-order valence-electron chi connectivity index (χ4n) is 1.35. The zero-order valence-corrected chi connectivity index (χ0v) is 13.3. The van der Waals surface area contributed by atoms with Gasteiger partial charge in [0.25, 0.3) is 0 Å². The molecule has 3 amide bonds. The number of hydrogen-bond acceptors (Lipinski definition) is 7. The third-order valence-corrected chi connectivity index (χ3v) is 4.78. The lowest BCUT2D eigenvalue weighted by Gasteiger charge is -2.16. The molecular formula is C11H19N5O2S2. The van der Waals surface area contributed by atoms with Crippen LogP contribution in [0.15, 0.2) is 4.34 Å². The van der Waals surface area contributed by atoms with Crippen molar-refractivity contribution in [3.8, 4) is 0 Å². The Balaban J connectivity index is 2.68. The molecule has 1 aromatic rings. The number of carbonyl (C=O) groups excluding carboxylic acids is 2. The summed E-state index contributed by atoms with van der Waals surface area (Å²) in [6.07, 6.45) is 0.998. The van der Waals surface area contributed by atoms with Crippen LogP contribution in [0.3, 0.4) is 0 Å². The van der Waals surface area contributed by atoms with Crippen molar-refractivity contribution < 1.29 is 9.59 Å². The van der Waals surface area contributed by atoms with E-state index >= 15 is 0 Å². The van der Waals surface area contributed by atoms with Crippen molar-refractivity contribution in [2.75, 3.05) is 11.9 Å². The van der Waals surface area contributed by atoms with Gasteiger partial charge in [0, 0.05) is 6.54 Å². The summed E-state index contributed by atoms with van der Waals surface area (Å²) < 4.78 is 0.682. The summed E-state index contributed by atoms with van der Waals surface area (Å²) in [5, 5.41) is 13.6. The van der Waals surface area contributed by atoms with Gasteiger partial charge in [0.05, 0.1) is 5.25 Å². The highest BCUT2D eigenvalue weighted by molar-refractivity contribution is 8.02. The highest BCUT2D eigenvalue weighted by atomic mass is 32.2. The number of hydrogen-bond donors (Lipinski definition) is 3. The largest absolute Gasteiger partial charge is 0.360 e. The standard InChI is InChI=1S/C11H19N5O2S2/c1-4-5-13-10-15-16-11(20-10)19-7(6(2)3)8(17)14-9(12)18/h6-7H,4-5H2,1-3H3,(H,13,15)(H3,12,14,17,18). The molecule has 4 N–H and O–H groups in total. The minimum absolute atomic E-state index is 0.0373. The lowest BCUT2D eigenvalue weighted by atomic mass is 10.1. The average Bonchev–Trinajstić information content (AvgIpc) is 2.79. The Morgan fingerprint density at radius 2 is 2.10 bits per heavy atom. The number of anilines is 1. The van der Waals surface area contributed by atoms with Crippen LogP contribution in [-0.2, 0) is 4.79 Å². The number of nitrogens with one attached hydrogen (secondary N) is 2. The molecule has 7 nitrogen and oxygen atoms in total. The van der Waals surface area contributed by atoms with E-state index in [2.05, 4.69) is 27.8 Å². The van der Waals surface area contributed by atoms with Crippen LogP contribution in [0.4, 0.5) is 9.93 Å². The van der Waals surface area contributed by atoms with Crippen molar-refractivity contribution >= 4 is 40.2 Å². The summed E-state index contributed by atoms with van der Waals surface area (Å²) in [6.45, 7) is 6.69. The van der Waals surface area contributed by atoms with E-state index in [4.69, 9.17) is 5.73 Å². The normalized spacial score (nSPS) is 12.2. The number of amides is 3. The maximum absolute atomic E-state index is 11.9. The molecule has 0 saturated carbocycles. The number of nitrogens with zero attached hydrogens (tertiary/aromatic N) is 2. The lowest BCUT2D eigenvalue weighted by Crippen LogP contribution is -2.42. The second-order valence-electron chi connectivity index (χ2n) is 4.44. The van der Waals surface area contributed by atoms with Gasteiger partial charge in [-0.2, -0.15) is 0 Å². The molecule has 0 spiro atoms. The summed E-state index contributed by atoms with van der Waals surface area (Å²) in [5.74, 6) is -0.369. The number of carbonyl (C=O) groups is 2. The predicted molar refractivity (Wildman–Crippen MR) is 80.9 cm³/mol. The van der Waals surface area contributed by atoms with Gasteiger partial charge < -0.3 is 11.1 Å². The molecule has 0 aliphatic rings. The third-order valence-electron chi connectivity index (χ3n) is 2.27. The molecule has 9 heteroatoms. The molecule has 112 valence electrons. The zero-order valence-electron chi connectivity index (χ0n) is 11.7. The first-order valence-corrected chi connectivity index (χ1v) is 7.98. The number of aromatic nitrogens is 2. The first kappa shape index (κ1) is 16.7. The lowest BCUT2D eigenvalue weighted by molar-refractivity contribution is -0.120. The van der Waals surface area contributed by atoms with Crippen LogP contribution >= 0.6 is 23.1 Å². The van der Waals surface area contributed by atoms with E-state index in [1.54, 1.807) is 0 Å². The summed E-state index contributed by atoms with van der Waals surface area (Å²) in [6, 6.07) is -0.844. The summed E-state index contributed by atoms with van der Waals surface area (Å²) >= 11 is 2.67. The highest BCUT2D eigenvalue weighted by Crippen LogP contribution is 2.32. The van der Waals surface area contributed by atoms with Crippen molar-refractivity contribution in [2.24, 2.45) is 11.7 Å². The van der Waals surface area contributed by atoms with Crippen LogP contribution in [0, 0.1) is 5.92 Å². The predicted octanol–water partition coefficient (Wildman–Crippen LogP) is 1.67. The van der Waals surface area contributed by atoms with Gasteiger partial charge in [-0.25, -0.2) is 4.79 Å².